The maximum atomic E-state index is 13.4. The summed E-state index contributed by atoms with van der Waals surface area (Å²) < 4.78 is 3.45. The van der Waals surface area contributed by atoms with Gasteiger partial charge in [-0.25, -0.2) is 0 Å². The van der Waals surface area contributed by atoms with E-state index in [2.05, 4.69) is 49.0 Å². The summed E-state index contributed by atoms with van der Waals surface area (Å²) in [7, 11) is 0. The first-order valence-corrected chi connectivity index (χ1v) is 17.0. The van der Waals surface area contributed by atoms with Gasteiger partial charge in [0.1, 0.15) is 12.7 Å². The highest BCUT2D eigenvalue weighted by molar-refractivity contribution is 9.10. The van der Waals surface area contributed by atoms with Gasteiger partial charge in [-0.05, 0) is 111 Å². The maximum Gasteiger partial charge on any atom is 0.381 e. The first-order chi connectivity index (χ1) is 21.2. The van der Waals surface area contributed by atoms with E-state index in [0.29, 0.717) is 25.4 Å². The van der Waals surface area contributed by atoms with Gasteiger partial charge in [-0.2, -0.15) is 0 Å². The largest absolute Gasteiger partial charge is 0.381 e. The number of rotatable bonds is 6. The number of pyridine rings is 1. The number of amides is 2. The molecule has 4 heterocycles. The van der Waals surface area contributed by atoms with Crippen molar-refractivity contribution in [1.29, 1.82) is 0 Å². The van der Waals surface area contributed by atoms with Gasteiger partial charge in [0.25, 0.3) is 0 Å². The van der Waals surface area contributed by atoms with Crippen molar-refractivity contribution < 1.29 is 14.5 Å². The molecule has 1 aromatic carbocycles. The molecular formula is C31H33Br2ClN6O4. The Balaban J connectivity index is 1.05. The highest BCUT2D eigenvalue weighted by Gasteiger charge is 2.37. The van der Waals surface area contributed by atoms with Crippen molar-refractivity contribution >= 4 is 61.1 Å². The molecule has 3 aliphatic rings. The van der Waals surface area contributed by atoms with Gasteiger partial charge in [0.15, 0.2) is 0 Å². The Morgan fingerprint density at radius 2 is 1.64 bits per heavy atom. The van der Waals surface area contributed by atoms with Gasteiger partial charge < -0.3 is 24.5 Å². The minimum absolute atomic E-state index is 0.0196. The second kappa shape index (κ2) is 13.3. The summed E-state index contributed by atoms with van der Waals surface area (Å²) in [6, 6.07) is 6.27. The highest BCUT2D eigenvalue weighted by atomic mass is 79.9. The zero-order chi connectivity index (χ0) is 31.0. The number of benzene rings is 1. The number of likely N-dealkylation sites (tertiary alicyclic amines) is 2. The lowest BCUT2D eigenvalue weighted by molar-refractivity contribution is -0.389. The van der Waals surface area contributed by atoms with Crippen molar-refractivity contribution in [1.82, 2.24) is 24.3 Å². The van der Waals surface area contributed by atoms with Gasteiger partial charge in [-0.3, -0.25) is 14.6 Å². The Hall–Kier alpha value is -2.83. The number of aryl methyl sites for hydroxylation is 2. The monoisotopic (exact) mass is 746 g/mol. The van der Waals surface area contributed by atoms with Gasteiger partial charge in [-0.1, -0.05) is 27.5 Å². The molecule has 1 atom stereocenters. The molecule has 44 heavy (non-hydrogen) atoms. The number of piperidine rings is 2. The van der Waals surface area contributed by atoms with E-state index in [9.17, 15) is 19.7 Å². The molecular weight excluding hydrogens is 716 g/mol. The molecule has 10 nitrogen and oxygen atoms in total. The lowest BCUT2D eigenvalue weighted by Crippen LogP contribution is -2.43. The van der Waals surface area contributed by atoms with Crippen molar-refractivity contribution in [2.75, 3.05) is 26.2 Å². The van der Waals surface area contributed by atoms with Gasteiger partial charge in [0.05, 0.1) is 5.69 Å². The number of nitro groups is 1. The third kappa shape index (κ3) is 6.72. The van der Waals surface area contributed by atoms with E-state index in [1.54, 1.807) is 4.90 Å². The van der Waals surface area contributed by atoms with Crippen molar-refractivity contribution in [3.05, 3.63) is 83.4 Å². The summed E-state index contributed by atoms with van der Waals surface area (Å²) in [6.07, 6.45) is 10.1. The van der Waals surface area contributed by atoms with Crippen molar-refractivity contribution in [2.24, 2.45) is 11.8 Å². The predicted molar refractivity (Wildman–Crippen MR) is 172 cm³/mol. The average molecular weight is 749 g/mol. The molecule has 0 N–H and O–H groups in total. The van der Waals surface area contributed by atoms with Crippen LogP contribution in [0.15, 0.2) is 45.9 Å². The Kier molecular flexibility index (Phi) is 9.39. The molecule has 2 aliphatic heterocycles. The molecule has 0 bridgehead atoms. The Labute approximate surface area is 277 Å². The Morgan fingerprint density at radius 3 is 2.34 bits per heavy atom. The number of hydrogen-bond donors (Lipinski definition) is 0. The van der Waals surface area contributed by atoms with Crippen LogP contribution in [0.1, 0.15) is 60.4 Å². The van der Waals surface area contributed by atoms with Crippen LogP contribution in [0.4, 0.5) is 5.82 Å². The molecule has 232 valence electrons. The van der Waals surface area contributed by atoms with Crippen LogP contribution in [0.2, 0.25) is 5.02 Å². The van der Waals surface area contributed by atoms with E-state index in [-0.39, 0.29) is 36.0 Å². The van der Waals surface area contributed by atoms with Crippen LogP contribution in [-0.4, -0.2) is 67.3 Å². The summed E-state index contributed by atoms with van der Waals surface area (Å²) in [5.41, 5.74) is 4.93. The van der Waals surface area contributed by atoms with E-state index < -0.39 is 4.92 Å². The van der Waals surface area contributed by atoms with E-state index >= 15 is 0 Å². The molecule has 6 rings (SSSR count). The third-order valence-electron chi connectivity index (χ3n) is 9.34. The first kappa shape index (κ1) is 31.2. The highest BCUT2D eigenvalue weighted by Crippen LogP contribution is 2.46. The standard InChI is InChI=1S/C31H33Br2ClN6O4/c32-23-12-22-2-1-21-13-24(34)14-25(33)29(21)30(31(22)35-15-23)20-5-9-38(10-6-20)27(41)11-19-3-7-39(8-4-19)28(42)17-37-16-26(36-18-37)40(43)44/h12-16,18-20,30H,1-11,17H2. The molecule has 0 spiro atoms. The second-order valence-electron chi connectivity index (χ2n) is 12.0. The van der Waals surface area contributed by atoms with Crippen molar-refractivity contribution in [2.45, 2.75) is 57.4 Å². The minimum Gasteiger partial charge on any atom is -0.358 e. The summed E-state index contributed by atoms with van der Waals surface area (Å²) in [6.45, 7) is 2.63. The number of aromatic nitrogens is 3. The number of hydrogen-bond acceptors (Lipinski definition) is 6. The van der Waals surface area contributed by atoms with Crippen LogP contribution in [0, 0.1) is 22.0 Å². The van der Waals surface area contributed by atoms with Gasteiger partial charge in [0.2, 0.25) is 18.1 Å². The summed E-state index contributed by atoms with van der Waals surface area (Å²) >= 11 is 13.9. The van der Waals surface area contributed by atoms with Gasteiger partial charge in [-0.15, -0.1) is 0 Å². The third-order valence-corrected chi connectivity index (χ3v) is 10.6. The molecule has 2 saturated heterocycles. The summed E-state index contributed by atoms with van der Waals surface area (Å²) in [5.74, 6) is 0.548. The number of carbonyl (C=O) groups excluding carboxylic acids is 2. The number of imidazole rings is 1. The van der Waals surface area contributed by atoms with Gasteiger partial charge >= 0.3 is 5.82 Å². The predicted octanol–water partition coefficient (Wildman–Crippen LogP) is 6.16. The molecule has 1 aliphatic carbocycles. The molecule has 2 aromatic heterocycles. The van der Waals surface area contributed by atoms with E-state index in [1.165, 1.54) is 33.8 Å². The van der Waals surface area contributed by atoms with Crippen LogP contribution in [0.3, 0.4) is 0 Å². The second-order valence-corrected chi connectivity index (χ2v) is 14.3. The van der Waals surface area contributed by atoms with Crippen LogP contribution in [0.25, 0.3) is 0 Å². The fraction of sp³-hybridized carbons (Fsp3) is 0.484. The topological polar surface area (TPSA) is 114 Å². The Bertz CT molecular complexity index is 1580. The molecule has 13 heteroatoms. The molecule has 2 amide bonds. The van der Waals surface area contributed by atoms with E-state index in [4.69, 9.17) is 16.6 Å². The SMILES string of the molecule is O=C(CC1CCN(C(=O)Cn2cnc([N+](=O)[O-])c2)CC1)N1CCC(C2c3ncc(Br)cc3CCc3cc(Cl)cc(Br)c32)CC1. The number of halogens is 3. The zero-order valence-electron chi connectivity index (χ0n) is 24.1. The number of carbonyl (C=O) groups is 2. The van der Waals surface area contributed by atoms with Crippen LogP contribution in [0.5, 0.6) is 0 Å². The van der Waals surface area contributed by atoms with Crippen molar-refractivity contribution in [3.8, 4) is 0 Å². The molecule has 0 saturated carbocycles. The average Bonchev–Trinajstić information content (AvgIpc) is 3.41. The lowest BCUT2D eigenvalue weighted by atomic mass is 9.76. The molecule has 0 radical (unpaired) electrons. The lowest BCUT2D eigenvalue weighted by Gasteiger charge is -2.38. The minimum atomic E-state index is -0.576. The Morgan fingerprint density at radius 1 is 0.955 bits per heavy atom. The quantitative estimate of drug-likeness (QED) is 0.221. The molecule has 1 unspecified atom stereocenters. The first-order valence-electron chi connectivity index (χ1n) is 15.0. The van der Waals surface area contributed by atoms with Gasteiger partial charge in [0, 0.05) is 58.7 Å². The van der Waals surface area contributed by atoms with Crippen molar-refractivity contribution in [3.63, 3.8) is 0 Å². The van der Waals surface area contributed by atoms with Crippen LogP contribution in [-0.2, 0) is 29.0 Å². The fourth-order valence-corrected chi connectivity index (χ4v) is 8.56. The number of nitrogens with zero attached hydrogens (tertiary/aromatic N) is 6. The van der Waals surface area contributed by atoms with Crippen LogP contribution >= 0.6 is 43.5 Å². The summed E-state index contributed by atoms with van der Waals surface area (Å²) in [5, 5.41) is 11.6. The maximum absolute atomic E-state index is 13.4. The normalized spacial score (nSPS) is 19.3. The fourth-order valence-electron chi connectivity index (χ4n) is 7.06. The molecule has 2 fully saturated rings. The number of fused-ring (bicyclic) bond motifs is 2. The smallest absolute Gasteiger partial charge is 0.358 e. The van der Waals surface area contributed by atoms with E-state index in [0.717, 1.165) is 71.3 Å². The summed E-state index contributed by atoms with van der Waals surface area (Å²) in [4.78, 5) is 48.8. The van der Waals surface area contributed by atoms with Crippen LogP contribution < -0.4 is 0 Å². The molecule has 3 aromatic rings. The van der Waals surface area contributed by atoms with E-state index in [1.807, 2.05) is 17.2 Å². The zero-order valence-corrected chi connectivity index (χ0v) is 28.1.